The molecule has 1 saturated heterocycles. The summed E-state index contributed by atoms with van der Waals surface area (Å²) >= 11 is 0. The van der Waals surface area contributed by atoms with E-state index in [4.69, 9.17) is 4.84 Å². The van der Waals surface area contributed by atoms with Crippen molar-refractivity contribution >= 4 is 11.6 Å². The predicted octanol–water partition coefficient (Wildman–Crippen LogP) is 4.91. The lowest BCUT2D eigenvalue weighted by Gasteiger charge is -2.36. The van der Waals surface area contributed by atoms with E-state index in [-0.39, 0.29) is 12.3 Å². The molecule has 0 spiro atoms. The van der Waals surface area contributed by atoms with Crippen LogP contribution in [0.3, 0.4) is 0 Å². The van der Waals surface area contributed by atoms with Crippen LogP contribution >= 0.6 is 0 Å². The second-order valence-electron chi connectivity index (χ2n) is 10.3. The smallest absolute Gasteiger partial charge is 0.384 e. The Kier molecular flexibility index (Phi) is 6.76. The zero-order valence-corrected chi connectivity index (χ0v) is 20.0. The van der Waals surface area contributed by atoms with Crippen molar-refractivity contribution in [3.8, 4) is 0 Å². The molecular formula is C27H30F3N3O3. The van der Waals surface area contributed by atoms with Crippen LogP contribution in [0.5, 0.6) is 0 Å². The summed E-state index contributed by atoms with van der Waals surface area (Å²) in [5, 5.41) is 14.9. The van der Waals surface area contributed by atoms with Crippen LogP contribution in [0.2, 0.25) is 0 Å². The summed E-state index contributed by atoms with van der Waals surface area (Å²) in [4.78, 5) is 24.5. The molecule has 1 saturated carbocycles. The van der Waals surface area contributed by atoms with E-state index in [9.17, 15) is 23.1 Å². The number of amides is 1. The van der Waals surface area contributed by atoms with E-state index in [1.165, 1.54) is 6.07 Å². The van der Waals surface area contributed by atoms with E-state index in [0.29, 0.717) is 49.0 Å². The Bertz CT molecular complexity index is 1110. The van der Waals surface area contributed by atoms with Gasteiger partial charge in [-0.05, 0) is 74.6 Å². The lowest BCUT2D eigenvalue weighted by atomic mass is 9.74. The minimum atomic E-state index is -4.44. The zero-order chi connectivity index (χ0) is 25.3. The van der Waals surface area contributed by atoms with Crippen molar-refractivity contribution in [3.05, 3.63) is 65.5 Å². The SMILES string of the molecule is O=C(C1CC(c2cccc(C(F)(F)F)c2)=NO1)N1CC[C@H](CC2CCC(O)(c3ccccn3)CC2)C1. The van der Waals surface area contributed by atoms with Crippen molar-refractivity contribution in [2.45, 2.75) is 62.8 Å². The molecule has 1 unspecified atom stereocenters. The predicted molar refractivity (Wildman–Crippen MR) is 127 cm³/mol. The maximum absolute atomic E-state index is 13.0. The van der Waals surface area contributed by atoms with Gasteiger partial charge in [-0.2, -0.15) is 13.2 Å². The molecule has 1 aliphatic carbocycles. The van der Waals surface area contributed by atoms with E-state index in [2.05, 4.69) is 10.1 Å². The van der Waals surface area contributed by atoms with Gasteiger partial charge in [0.1, 0.15) is 5.60 Å². The molecule has 2 aliphatic heterocycles. The van der Waals surface area contributed by atoms with Crippen LogP contribution < -0.4 is 0 Å². The second-order valence-corrected chi connectivity index (χ2v) is 10.3. The summed E-state index contributed by atoms with van der Waals surface area (Å²) in [7, 11) is 0. The van der Waals surface area contributed by atoms with E-state index >= 15 is 0 Å². The first-order chi connectivity index (χ1) is 17.2. The summed E-state index contributed by atoms with van der Waals surface area (Å²) in [6.45, 7) is 1.30. The maximum atomic E-state index is 13.0. The minimum Gasteiger partial charge on any atom is -0.384 e. The number of hydrogen-bond donors (Lipinski definition) is 1. The molecule has 0 radical (unpaired) electrons. The van der Waals surface area contributed by atoms with Gasteiger partial charge in [-0.3, -0.25) is 9.78 Å². The third kappa shape index (κ3) is 5.26. The average Bonchev–Trinajstić information content (AvgIpc) is 3.56. The van der Waals surface area contributed by atoms with Crippen LogP contribution in [0, 0.1) is 11.8 Å². The number of aromatic nitrogens is 1. The highest BCUT2D eigenvalue weighted by molar-refractivity contribution is 6.04. The number of carbonyl (C=O) groups is 1. The van der Waals surface area contributed by atoms with Crippen LogP contribution in [0.4, 0.5) is 13.2 Å². The van der Waals surface area contributed by atoms with Crippen molar-refractivity contribution in [2.75, 3.05) is 13.1 Å². The Morgan fingerprint density at radius 3 is 2.64 bits per heavy atom. The first kappa shape index (κ1) is 24.7. The third-order valence-electron chi connectivity index (χ3n) is 7.81. The molecule has 1 N–H and O–H groups in total. The zero-order valence-electron chi connectivity index (χ0n) is 20.0. The van der Waals surface area contributed by atoms with Gasteiger partial charge >= 0.3 is 6.18 Å². The fourth-order valence-corrected chi connectivity index (χ4v) is 5.74. The van der Waals surface area contributed by atoms with Gasteiger partial charge in [0.05, 0.1) is 17.0 Å². The number of rotatable bonds is 5. The Balaban J connectivity index is 1.10. The van der Waals surface area contributed by atoms with E-state index in [1.54, 1.807) is 17.2 Å². The van der Waals surface area contributed by atoms with Gasteiger partial charge in [-0.25, -0.2) is 0 Å². The molecule has 0 bridgehead atoms. The number of hydrogen-bond acceptors (Lipinski definition) is 5. The van der Waals surface area contributed by atoms with Crippen LogP contribution in [-0.2, 0) is 21.4 Å². The number of pyridine rings is 1. The Hall–Kier alpha value is -2.94. The van der Waals surface area contributed by atoms with E-state index in [0.717, 1.165) is 43.5 Å². The lowest BCUT2D eigenvalue weighted by Crippen LogP contribution is -2.38. The van der Waals surface area contributed by atoms with E-state index in [1.807, 2.05) is 18.2 Å². The molecule has 2 aromatic rings. The van der Waals surface area contributed by atoms with Gasteiger partial charge in [0.25, 0.3) is 5.91 Å². The molecule has 1 amide bonds. The molecule has 6 nitrogen and oxygen atoms in total. The highest BCUT2D eigenvalue weighted by Crippen LogP contribution is 2.41. The summed E-state index contributed by atoms with van der Waals surface area (Å²) in [5.41, 5.74) is -0.183. The van der Waals surface area contributed by atoms with E-state index < -0.39 is 23.4 Å². The van der Waals surface area contributed by atoms with Crippen LogP contribution in [0.25, 0.3) is 0 Å². The molecule has 5 rings (SSSR count). The molecule has 9 heteroatoms. The van der Waals surface area contributed by atoms with Gasteiger partial charge < -0.3 is 14.8 Å². The Labute approximate surface area is 208 Å². The first-order valence-electron chi connectivity index (χ1n) is 12.5. The second kappa shape index (κ2) is 9.84. The number of nitrogens with zero attached hydrogens (tertiary/aromatic N) is 3. The molecule has 2 fully saturated rings. The largest absolute Gasteiger partial charge is 0.416 e. The molecule has 2 atom stereocenters. The number of likely N-dealkylation sites (tertiary alicyclic amines) is 1. The number of benzene rings is 1. The molecule has 3 aliphatic rings. The fourth-order valence-electron chi connectivity index (χ4n) is 5.74. The fraction of sp³-hybridized carbons (Fsp3) is 0.519. The number of carbonyl (C=O) groups excluding carboxylic acids is 1. The van der Waals surface area contributed by atoms with Crippen molar-refractivity contribution in [2.24, 2.45) is 17.0 Å². The molecule has 3 heterocycles. The lowest BCUT2D eigenvalue weighted by molar-refractivity contribution is -0.141. The average molecular weight is 502 g/mol. The van der Waals surface area contributed by atoms with Gasteiger partial charge in [0.2, 0.25) is 6.10 Å². The van der Waals surface area contributed by atoms with Crippen molar-refractivity contribution < 1.29 is 27.9 Å². The molecule has 1 aromatic carbocycles. The number of aliphatic hydroxyl groups is 1. The normalized spacial score (nSPS) is 28.6. The number of alkyl halides is 3. The molecule has 192 valence electrons. The van der Waals surface area contributed by atoms with Crippen molar-refractivity contribution in [1.29, 1.82) is 0 Å². The maximum Gasteiger partial charge on any atom is 0.416 e. The van der Waals surface area contributed by atoms with Gasteiger partial charge in [0.15, 0.2) is 0 Å². The van der Waals surface area contributed by atoms with Gasteiger partial charge in [0, 0.05) is 31.3 Å². The summed E-state index contributed by atoms with van der Waals surface area (Å²) in [6, 6.07) is 10.6. The standard InChI is InChI=1S/C27H30F3N3O3/c28-27(29,30)21-5-3-4-20(15-21)22-16-23(36-32-22)25(34)33-13-9-19(17-33)14-18-7-10-26(35,11-8-18)24-6-1-2-12-31-24/h1-6,12,15,18-19,23,35H,7-11,13-14,16-17H2/t18?,19-,23?,26?/m1/s1. The Morgan fingerprint density at radius 1 is 1.11 bits per heavy atom. The summed E-state index contributed by atoms with van der Waals surface area (Å²) in [5.74, 6) is 0.745. The van der Waals surface area contributed by atoms with Crippen molar-refractivity contribution in [1.82, 2.24) is 9.88 Å². The molecule has 1 aromatic heterocycles. The van der Waals surface area contributed by atoms with Crippen molar-refractivity contribution in [3.63, 3.8) is 0 Å². The molecular weight excluding hydrogens is 471 g/mol. The third-order valence-corrected chi connectivity index (χ3v) is 7.81. The highest BCUT2D eigenvalue weighted by atomic mass is 19.4. The molecule has 36 heavy (non-hydrogen) atoms. The highest BCUT2D eigenvalue weighted by Gasteiger charge is 2.39. The topological polar surface area (TPSA) is 75.0 Å². The minimum absolute atomic E-state index is 0.156. The van der Waals surface area contributed by atoms with Gasteiger partial charge in [-0.1, -0.05) is 23.4 Å². The van der Waals surface area contributed by atoms with Crippen LogP contribution in [0.15, 0.2) is 53.8 Å². The monoisotopic (exact) mass is 501 g/mol. The summed E-state index contributed by atoms with van der Waals surface area (Å²) in [6.07, 6.45) is 1.81. The summed E-state index contributed by atoms with van der Waals surface area (Å²) < 4.78 is 39.1. The Morgan fingerprint density at radius 2 is 1.92 bits per heavy atom. The number of oxime groups is 1. The first-order valence-corrected chi connectivity index (χ1v) is 12.5. The van der Waals surface area contributed by atoms with Gasteiger partial charge in [-0.15, -0.1) is 0 Å². The quantitative estimate of drug-likeness (QED) is 0.632. The number of halogens is 3. The van der Waals surface area contributed by atoms with Crippen LogP contribution in [-0.4, -0.2) is 45.8 Å². The van der Waals surface area contributed by atoms with Crippen LogP contribution in [0.1, 0.15) is 61.8 Å².